The number of aryl methyl sites for hydroxylation is 4. The third-order valence-electron chi connectivity index (χ3n) is 5.45. The average Bonchev–Trinajstić information content (AvgIpc) is 2.79. The number of benzene rings is 2. The minimum Gasteiger partial charge on any atom is -0.244 e. The molecule has 0 bridgehead atoms. The molecule has 2 aliphatic carbocycles. The van der Waals surface area contributed by atoms with Gasteiger partial charge in [0.05, 0.1) is 11.4 Å². The Morgan fingerprint density at radius 2 is 0.929 bits per heavy atom. The highest BCUT2D eigenvalue weighted by atomic mass is 14.8. The maximum absolute atomic E-state index is 4.35. The van der Waals surface area contributed by atoms with Crippen molar-refractivity contribution in [3.05, 3.63) is 95.8 Å². The standard InChI is InChI=1S/2C12H10N2/c2*1-2-4-11-9(3-1)5-6-10-7-13-8-14-12(10)11/h2*1-4,7-8H,5-6H2. The summed E-state index contributed by atoms with van der Waals surface area (Å²) in [4.78, 5) is 16.8. The molecule has 0 fully saturated rings. The molecule has 4 heteroatoms. The summed E-state index contributed by atoms with van der Waals surface area (Å²) in [6, 6.07) is 16.9. The minimum atomic E-state index is 1.06. The molecule has 0 N–H and O–H groups in total. The van der Waals surface area contributed by atoms with Crippen LogP contribution in [0.1, 0.15) is 22.3 Å². The summed E-state index contributed by atoms with van der Waals surface area (Å²) >= 11 is 0. The Kier molecular flexibility index (Phi) is 4.37. The molecular formula is C24H20N4. The van der Waals surface area contributed by atoms with E-state index < -0.39 is 0 Å². The van der Waals surface area contributed by atoms with Crippen molar-refractivity contribution in [1.29, 1.82) is 0 Å². The topological polar surface area (TPSA) is 51.6 Å². The van der Waals surface area contributed by atoms with Crippen molar-refractivity contribution < 1.29 is 0 Å². The van der Waals surface area contributed by atoms with Crippen molar-refractivity contribution in [1.82, 2.24) is 19.9 Å². The van der Waals surface area contributed by atoms with Gasteiger partial charge in [-0.2, -0.15) is 0 Å². The van der Waals surface area contributed by atoms with Gasteiger partial charge in [0.15, 0.2) is 0 Å². The highest BCUT2D eigenvalue weighted by molar-refractivity contribution is 5.69. The Balaban J connectivity index is 0.000000122. The minimum absolute atomic E-state index is 1.06. The molecular weight excluding hydrogens is 344 g/mol. The summed E-state index contributed by atoms with van der Waals surface area (Å²) in [6.45, 7) is 0. The SMILES string of the molecule is c1ccc2c(c1)CCc1cncnc1-2.c1ccc2c(c1)CCc1cncnc1-2. The van der Waals surface area contributed by atoms with Gasteiger partial charge in [0.1, 0.15) is 12.7 Å². The van der Waals surface area contributed by atoms with Crippen molar-refractivity contribution in [3.63, 3.8) is 0 Å². The van der Waals surface area contributed by atoms with Crippen LogP contribution >= 0.6 is 0 Å². The molecule has 0 atom stereocenters. The Morgan fingerprint density at radius 3 is 1.43 bits per heavy atom. The monoisotopic (exact) mass is 364 g/mol. The van der Waals surface area contributed by atoms with Gasteiger partial charge in [0.2, 0.25) is 0 Å². The lowest BCUT2D eigenvalue weighted by Crippen LogP contribution is -2.05. The largest absolute Gasteiger partial charge is 0.244 e. The molecule has 4 nitrogen and oxygen atoms in total. The van der Waals surface area contributed by atoms with E-state index in [1.807, 2.05) is 12.4 Å². The highest BCUT2D eigenvalue weighted by Crippen LogP contribution is 2.31. The molecule has 0 unspecified atom stereocenters. The van der Waals surface area contributed by atoms with Gasteiger partial charge in [-0.1, -0.05) is 48.5 Å². The normalized spacial score (nSPS) is 13.1. The van der Waals surface area contributed by atoms with Crippen LogP contribution in [0.25, 0.3) is 22.5 Å². The molecule has 0 saturated heterocycles. The molecule has 2 aromatic carbocycles. The van der Waals surface area contributed by atoms with Crippen LogP contribution in [0.4, 0.5) is 0 Å². The van der Waals surface area contributed by atoms with E-state index in [0.29, 0.717) is 0 Å². The van der Waals surface area contributed by atoms with Crippen molar-refractivity contribution >= 4 is 0 Å². The fraction of sp³-hybridized carbons (Fsp3) is 0.167. The van der Waals surface area contributed by atoms with Gasteiger partial charge in [-0.05, 0) is 47.9 Å². The van der Waals surface area contributed by atoms with Crippen molar-refractivity contribution in [2.24, 2.45) is 0 Å². The summed E-state index contributed by atoms with van der Waals surface area (Å²) in [5.41, 5.74) is 10.1. The van der Waals surface area contributed by atoms with Crippen LogP contribution < -0.4 is 0 Å². The summed E-state index contributed by atoms with van der Waals surface area (Å²) in [6.07, 6.45) is 11.5. The molecule has 4 aromatic rings. The van der Waals surface area contributed by atoms with Gasteiger partial charge in [-0.15, -0.1) is 0 Å². The fourth-order valence-corrected chi connectivity index (χ4v) is 4.05. The van der Waals surface area contributed by atoms with E-state index in [4.69, 9.17) is 0 Å². The van der Waals surface area contributed by atoms with Crippen LogP contribution in [0.3, 0.4) is 0 Å². The molecule has 2 heterocycles. The smallest absolute Gasteiger partial charge is 0.116 e. The molecule has 0 aliphatic heterocycles. The van der Waals surface area contributed by atoms with Gasteiger partial charge >= 0.3 is 0 Å². The molecule has 0 amide bonds. The molecule has 0 saturated carbocycles. The van der Waals surface area contributed by atoms with E-state index in [9.17, 15) is 0 Å². The summed E-state index contributed by atoms with van der Waals surface area (Å²) in [5, 5.41) is 0. The fourth-order valence-electron chi connectivity index (χ4n) is 4.05. The van der Waals surface area contributed by atoms with E-state index in [0.717, 1.165) is 37.1 Å². The second-order valence-corrected chi connectivity index (χ2v) is 7.11. The third kappa shape index (κ3) is 3.07. The van der Waals surface area contributed by atoms with Crippen LogP contribution in [0.15, 0.2) is 73.6 Å². The lowest BCUT2D eigenvalue weighted by molar-refractivity contribution is 0.910. The van der Waals surface area contributed by atoms with E-state index in [-0.39, 0.29) is 0 Å². The van der Waals surface area contributed by atoms with Gasteiger partial charge in [0.25, 0.3) is 0 Å². The number of hydrogen-bond acceptors (Lipinski definition) is 4. The summed E-state index contributed by atoms with van der Waals surface area (Å²) < 4.78 is 0. The first kappa shape index (κ1) is 16.8. The highest BCUT2D eigenvalue weighted by Gasteiger charge is 2.16. The quantitative estimate of drug-likeness (QED) is 0.461. The van der Waals surface area contributed by atoms with E-state index in [1.54, 1.807) is 12.7 Å². The van der Waals surface area contributed by atoms with Crippen molar-refractivity contribution in [2.45, 2.75) is 25.7 Å². The lowest BCUT2D eigenvalue weighted by Gasteiger charge is -2.17. The molecule has 6 rings (SSSR count). The number of fused-ring (bicyclic) bond motifs is 6. The maximum Gasteiger partial charge on any atom is 0.116 e. The predicted octanol–water partition coefficient (Wildman–Crippen LogP) is 4.48. The van der Waals surface area contributed by atoms with Crippen LogP contribution in [0.5, 0.6) is 0 Å². The zero-order valence-electron chi connectivity index (χ0n) is 15.5. The Hall–Kier alpha value is -3.40. The van der Waals surface area contributed by atoms with Gasteiger partial charge in [-0.25, -0.2) is 19.9 Å². The van der Waals surface area contributed by atoms with E-state index >= 15 is 0 Å². The molecule has 28 heavy (non-hydrogen) atoms. The zero-order chi connectivity index (χ0) is 18.8. The van der Waals surface area contributed by atoms with E-state index in [2.05, 4.69) is 68.5 Å². The van der Waals surface area contributed by atoms with Gasteiger partial charge in [-0.3, -0.25) is 0 Å². The summed E-state index contributed by atoms with van der Waals surface area (Å²) in [7, 11) is 0. The lowest BCUT2D eigenvalue weighted by atomic mass is 9.90. The van der Waals surface area contributed by atoms with Crippen molar-refractivity contribution in [3.8, 4) is 22.5 Å². The Bertz CT molecular complexity index is 955. The van der Waals surface area contributed by atoms with E-state index in [1.165, 1.54) is 33.4 Å². The second kappa shape index (κ2) is 7.31. The maximum atomic E-state index is 4.35. The second-order valence-electron chi connectivity index (χ2n) is 7.11. The molecule has 136 valence electrons. The number of aromatic nitrogens is 4. The average molecular weight is 364 g/mol. The van der Waals surface area contributed by atoms with Gasteiger partial charge in [0, 0.05) is 23.5 Å². The number of hydrogen-bond donors (Lipinski definition) is 0. The van der Waals surface area contributed by atoms with Gasteiger partial charge < -0.3 is 0 Å². The first-order chi connectivity index (χ1) is 13.9. The van der Waals surface area contributed by atoms with Crippen LogP contribution in [-0.4, -0.2) is 19.9 Å². The predicted molar refractivity (Wildman–Crippen MR) is 110 cm³/mol. The zero-order valence-corrected chi connectivity index (χ0v) is 15.5. The number of rotatable bonds is 0. The number of nitrogens with zero attached hydrogens (tertiary/aromatic N) is 4. The third-order valence-corrected chi connectivity index (χ3v) is 5.45. The molecule has 2 aromatic heterocycles. The Labute approximate surface area is 164 Å². The van der Waals surface area contributed by atoms with Crippen LogP contribution in [0.2, 0.25) is 0 Å². The van der Waals surface area contributed by atoms with Crippen molar-refractivity contribution in [2.75, 3.05) is 0 Å². The Morgan fingerprint density at radius 1 is 0.500 bits per heavy atom. The molecule has 0 radical (unpaired) electrons. The molecule has 0 spiro atoms. The van der Waals surface area contributed by atoms with Crippen LogP contribution in [-0.2, 0) is 25.7 Å². The first-order valence-corrected chi connectivity index (χ1v) is 9.64. The van der Waals surface area contributed by atoms with Crippen LogP contribution in [0, 0.1) is 0 Å². The molecule has 2 aliphatic rings. The summed E-state index contributed by atoms with van der Waals surface area (Å²) in [5.74, 6) is 0. The first-order valence-electron chi connectivity index (χ1n) is 9.64.